The fraction of sp³-hybridized carbons (Fsp3) is 0.688. The van der Waals surface area contributed by atoms with Crippen LogP contribution in [0.4, 0.5) is 0 Å². The average Bonchev–Trinajstić information content (AvgIpc) is 2.79. The molecule has 2 unspecified atom stereocenters. The predicted molar refractivity (Wildman–Crippen MR) is 84.0 cm³/mol. The first-order chi connectivity index (χ1) is 11.6. The highest BCUT2D eigenvalue weighted by atomic mass is 16.7. The van der Waals surface area contributed by atoms with Gasteiger partial charge in [-0.15, -0.1) is 11.0 Å². The van der Waals surface area contributed by atoms with Crippen molar-refractivity contribution in [1.82, 2.24) is 10.4 Å². The number of hydroxylamine groups is 2. The van der Waals surface area contributed by atoms with Gasteiger partial charge in [-0.3, -0.25) is 9.59 Å². The van der Waals surface area contributed by atoms with Crippen LogP contribution >= 0.6 is 0 Å². The number of amides is 2. The van der Waals surface area contributed by atoms with Crippen molar-refractivity contribution in [3.8, 4) is 11.8 Å². The maximum Gasteiger partial charge on any atom is 0.358 e. The van der Waals surface area contributed by atoms with Crippen LogP contribution in [0.1, 0.15) is 38.5 Å². The fourth-order valence-electron chi connectivity index (χ4n) is 2.52. The Morgan fingerprint density at radius 3 is 2.96 bits per heavy atom. The molecule has 1 aliphatic heterocycles. The average molecular weight is 337 g/mol. The summed E-state index contributed by atoms with van der Waals surface area (Å²) in [5, 5.41) is 3.34. The smallest absolute Gasteiger partial charge is 0.354 e. The summed E-state index contributed by atoms with van der Waals surface area (Å²) < 4.78 is 5.42. The third kappa shape index (κ3) is 5.30. The Balaban J connectivity index is 1.79. The Morgan fingerprint density at radius 2 is 2.17 bits per heavy atom. The Hall–Kier alpha value is -1.95. The maximum atomic E-state index is 12.0. The fourth-order valence-corrected chi connectivity index (χ4v) is 2.52. The van der Waals surface area contributed by atoms with Gasteiger partial charge >= 0.3 is 5.97 Å². The van der Waals surface area contributed by atoms with E-state index in [0.29, 0.717) is 18.2 Å². The molecule has 2 aliphatic rings. The summed E-state index contributed by atoms with van der Waals surface area (Å²) >= 11 is 0. The van der Waals surface area contributed by atoms with E-state index in [1.54, 1.807) is 0 Å². The molecule has 1 fully saturated rings. The minimum atomic E-state index is -0.792. The van der Waals surface area contributed by atoms with Crippen molar-refractivity contribution in [2.45, 2.75) is 50.7 Å². The van der Waals surface area contributed by atoms with Crippen molar-refractivity contribution in [2.75, 3.05) is 19.7 Å². The van der Waals surface area contributed by atoms with Gasteiger partial charge in [0.15, 0.2) is 0 Å². The molecule has 0 bridgehead atoms. The van der Waals surface area contributed by atoms with E-state index in [0.717, 1.165) is 32.1 Å². The van der Waals surface area contributed by atoms with Crippen molar-refractivity contribution < 1.29 is 24.0 Å². The first kappa shape index (κ1) is 18.4. The van der Waals surface area contributed by atoms with Crippen LogP contribution in [0.15, 0.2) is 0 Å². The number of imide groups is 1. The Labute approximate surface area is 141 Å². The zero-order valence-electron chi connectivity index (χ0n) is 13.6. The molecule has 0 aromatic heterocycles. The van der Waals surface area contributed by atoms with E-state index in [4.69, 9.17) is 15.3 Å². The monoisotopic (exact) mass is 337 g/mol. The second kappa shape index (κ2) is 9.37. The van der Waals surface area contributed by atoms with Gasteiger partial charge in [0.2, 0.25) is 0 Å². The molecule has 8 heteroatoms. The van der Waals surface area contributed by atoms with Gasteiger partial charge in [-0.25, -0.2) is 4.79 Å². The predicted octanol–water partition coefficient (Wildman–Crippen LogP) is -0.527. The van der Waals surface area contributed by atoms with Crippen LogP contribution in [0.5, 0.6) is 0 Å². The molecule has 2 amide bonds. The zero-order valence-corrected chi connectivity index (χ0v) is 13.6. The van der Waals surface area contributed by atoms with Crippen LogP contribution in [0, 0.1) is 11.8 Å². The van der Waals surface area contributed by atoms with Crippen LogP contribution in [-0.4, -0.2) is 54.7 Å². The lowest BCUT2D eigenvalue weighted by Gasteiger charge is -2.16. The number of nitrogens with zero attached hydrogens (tertiary/aromatic N) is 1. The normalized spacial score (nSPS) is 24.1. The minimum Gasteiger partial charge on any atom is -0.354 e. The molecule has 1 saturated heterocycles. The molecular weight excluding hydrogens is 314 g/mol. The third-order valence-electron chi connectivity index (χ3n) is 3.77. The molecule has 0 saturated carbocycles. The van der Waals surface area contributed by atoms with E-state index in [1.165, 1.54) is 0 Å². The summed E-state index contributed by atoms with van der Waals surface area (Å²) in [5.74, 6) is 4.04. The lowest BCUT2D eigenvalue weighted by molar-refractivity contribution is -0.201. The topological polar surface area (TPSA) is 111 Å². The molecule has 8 nitrogen and oxygen atoms in total. The summed E-state index contributed by atoms with van der Waals surface area (Å²) in [6.07, 6.45) is 4.38. The van der Waals surface area contributed by atoms with E-state index in [2.05, 4.69) is 17.2 Å². The number of hydrogen-bond donors (Lipinski definition) is 2. The van der Waals surface area contributed by atoms with Gasteiger partial charge in [0.1, 0.15) is 12.7 Å². The SMILES string of the molecule is NCCNC1CC(=O)N(OC(=O)COC2C#CCCCCC2)C1=O. The van der Waals surface area contributed by atoms with Gasteiger partial charge in [0.25, 0.3) is 11.8 Å². The second-order valence-corrected chi connectivity index (χ2v) is 5.71. The highest BCUT2D eigenvalue weighted by molar-refractivity contribution is 6.05. The molecule has 132 valence electrons. The standard InChI is InChI=1S/C16H23N3O5/c17-8-9-18-13-10-14(20)19(16(13)22)24-15(21)11-23-12-6-4-2-1-3-5-7-12/h12-13,18H,1-4,6,8-11,17H2. The molecule has 1 aliphatic carbocycles. The van der Waals surface area contributed by atoms with Crippen LogP contribution in [0.2, 0.25) is 0 Å². The highest BCUT2D eigenvalue weighted by Gasteiger charge is 2.41. The quantitative estimate of drug-likeness (QED) is 0.475. The number of carbonyl (C=O) groups excluding carboxylic acids is 3. The van der Waals surface area contributed by atoms with E-state index in [1.807, 2.05) is 0 Å². The van der Waals surface area contributed by atoms with Gasteiger partial charge in [-0.1, -0.05) is 12.3 Å². The van der Waals surface area contributed by atoms with Crippen LogP contribution in [-0.2, 0) is 24.0 Å². The molecular formula is C16H23N3O5. The van der Waals surface area contributed by atoms with Crippen molar-refractivity contribution >= 4 is 17.8 Å². The van der Waals surface area contributed by atoms with Crippen molar-refractivity contribution in [3.05, 3.63) is 0 Å². The summed E-state index contributed by atoms with van der Waals surface area (Å²) in [6, 6.07) is -0.703. The van der Waals surface area contributed by atoms with Crippen molar-refractivity contribution in [3.63, 3.8) is 0 Å². The maximum absolute atomic E-state index is 12.0. The summed E-state index contributed by atoms with van der Waals surface area (Å²) in [5.41, 5.74) is 5.35. The highest BCUT2D eigenvalue weighted by Crippen LogP contribution is 2.14. The number of hydrogen-bond acceptors (Lipinski definition) is 7. The minimum absolute atomic E-state index is 0.0545. The van der Waals surface area contributed by atoms with Crippen molar-refractivity contribution in [1.29, 1.82) is 0 Å². The van der Waals surface area contributed by atoms with Gasteiger partial charge in [0, 0.05) is 19.5 Å². The summed E-state index contributed by atoms with van der Waals surface area (Å²) in [7, 11) is 0. The molecule has 24 heavy (non-hydrogen) atoms. The van der Waals surface area contributed by atoms with Crippen LogP contribution in [0.25, 0.3) is 0 Å². The number of nitrogens with one attached hydrogen (secondary N) is 1. The Morgan fingerprint density at radius 1 is 1.33 bits per heavy atom. The van der Waals surface area contributed by atoms with Gasteiger partial charge < -0.3 is 20.6 Å². The lowest BCUT2D eigenvalue weighted by Crippen LogP contribution is -2.41. The van der Waals surface area contributed by atoms with E-state index >= 15 is 0 Å². The molecule has 2 atom stereocenters. The molecule has 0 aromatic rings. The summed E-state index contributed by atoms with van der Waals surface area (Å²) in [4.78, 5) is 40.5. The first-order valence-electron chi connectivity index (χ1n) is 8.23. The second-order valence-electron chi connectivity index (χ2n) is 5.71. The van der Waals surface area contributed by atoms with Gasteiger partial charge in [0.05, 0.1) is 12.5 Å². The third-order valence-corrected chi connectivity index (χ3v) is 3.77. The molecule has 2 rings (SSSR count). The van der Waals surface area contributed by atoms with Gasteiger partial charge in [-0.05, 0) is 19.3 Å². The Bertz CT molecular complexity index is 540. The lowest BCUT2D eigenvalue weighted by atomic mass is 10.1. The van der Waals surface area contributed by atoms with Crippen LogP contribution in [0.3, 0.4) is 0 Å². The van der Waals surface area contributed by atoms with Gasteiger partial charge in [-0.2, -0.15) is 0 Å². The number of rotatable bonds is 7. The molecule has 0 spiro atoms. The van der Waals surface area contributed by atoms with Crippen molar-refractivity contribution in [2.24, 2.45) is 5.73 Å². The van der Waals surface area contributed by atoms with Crippen LogP contribution < -0.4 is 11.1 Å². The largest absolute Gasteiger partial charge is 0.358 e. The molecule has 1 heterocycles. The molecule has 0 aromatic carbocycles. The van der Waals surface area contributed by atoms with E-state index in [-0.39, 0.29) is 19.1 Å². The number of ether oxygens (including phenoxy) is 1. The Kier molecular flexibility index (Phi) is 7.18. The first-order valence-corrected chi connectivity index (χ1v) is 8.23. The zero-order chi connectivity index (χ0) is 17.4. The molecule has 3 N–H and O–H groups in total. The van der Waals surface area contributed by atoms with E-state index < -0.39 is 23.8 Å². The number of carbonyl (C=O) groups is 3. The molecule has 0 radical (unpaired) electrons. The number of nitrogens with two attached hydrogens (primary N) is 1. The summed E-state index contributed by atoms with van der Waals surface area (Å²) in [6.45, 7) is 0.389. The van der Waals surface area contributed by atoms with E-state index in [9.17, 15) is 14.4 Å².